The maximum atomic E-state index is 11.9. The summed E-state index contributed by atoms with van der Waals surface area (Å²) in [5.41, 5.74) is 3.43. The Morgan fingerprint density at radius 1 is 1.26 bits per heavy atom. The van der Waals surface area contributed by atoms with Crippen LogP contribution in [0.1, 0.15) is 22.2 Å². The first-order valence-electron chi connectivity index (χ1n) is 7.17. The number of nitrogens with one attached hydrogen (secondary N) is 1. The molecule has 116 valence electrons. The molecule has 2 heterocycles. The van der Waals surface area contributed by atoms with Gasteiger partial charge in [-0.05, 0) is 30.2 Å². The number of benzene rings is 1. The van der Waals surface area contributed by atoms with Crippen molar-refractivity contribution in [1.82, 2.24) is 9.97 Å². The summed E-state index contributed by atoms with van der Waals surface area (Å²) in [6, 6.07) is 11.4. The van der Waals surface area contributed by atoms with Gasteiger partial charge >= 0.3 is 0 Å². The first kappa shape index (κ1) is 15.2. The number of hydrogen-bond acceptors (Lipinski definition) is 5. The van der Waals surface area contributed by atoms with Crippen molar-refractivity contribution in [3.63, 3.8) is 0 Å². The van der Waals surface area contributed by atoms with Crippen molar-refractivity contribution < 1.29 is 9.53 Å². The van der Waals surface area contributed by atoms with Gasteiger partial charge in [-0.1, -0.05) is 19.1 Å². The van der Waals surface area contributed by atoms with Gasteiger partial charge < -0.3 is 10.1 Å². The molecule has 0 bridgehead atoms. The minimum atomic E-state index is -0.196. The number of aryl methyl sites for hydroxylation is 1. The molecule has 0 spiro atoms. The number of aromatic nitrogens is 2. The average Bonchev–Trinajstić information content (AvgIpc) is 3.11. The third kappa shape index (κ3) is 3.92. The van der Waals surface area contributed by atoms with E-state index < -0.39 is 0 Å². The van der Waals surface area contributed by atoms with E-state index in [0.29, 0.717) is 16.4 Å². The Labute approximate surface area is 138 Å². The highest BCUT2D eigenvalue weighted by molar-refractivity contribution is 7.11. The minimum Gasteiger partial charge on any atom is -0.439 e. The standard InChI is InChI=1S/C17H15N3O2S/c1-2-12-4-3-5-14(8-12)22-16-7-6-13(9-19-16)20-17(21)15-10-18-11-23-15/h3-11H,2H2,1H3,(H,20,21). The Morgan fingerprint density at radius 3 is 2.87 bits per heavy atom. The lowest BCUT2D eigenvalue weighted by molar-refractivity contribution is 0.103. The zero-order valence-electron chi connectivity index (χ0n) is 12.5. The van der Waals surface area contributed by atoms with Crippen LogP contribution in [0.2, 0.25) is 0 Å². The van der Waals surface area contributed by atoms with Crippen molar-refractivity contribution in [3.8, 4) is 11.6 Å². The number of hydrogen-bond donors (Lipinski definition) is 1. The number of ether oxygens (including phenoxy) is 1. The molecule has 0 aliphatic rings. The molecule has 0 saturated heterocycles. The van der Waals surface area contributed by atoms with Gasteiger partial charge in [-0.25, -0.2) is 4.98 Å². The minimum absolute atomic E-state index is 0.196. The van der Waals surface area contributed by atoms with Gasteiger partial charge in [-0.2, -0.15) is 0 Å². The molecule has 0 radical (unpaired) electrons. The highest BCUT2D eigenvalue weighted by atomic mass is 32.1. The van der Waals surface area contributed by atoms with Gasteiger partial charge in [0.2, 0.25) is 5.88 Å². The molecule has 0 aliphatic heterocycles. The summed E-state index contributed by atoms with van der Waals surface area (Å²) in [5.74, 6) is 1.03. The topological polar surface area (TPSA) is 64.1 Å². The quantitative estimate of drug-likeness (QED) is 0.765. The molecule has 1 amide bonds. The second-order valence-electron chi connectivity index (χ2n) is 4.81. The van der Waals surface area contributed by atoms with E-state index in [9.17, 15) is 4.79 Å². The molecular weight excluding hydrogens is 310 g/mol. The Kier molecular flexibility index (Phi) is 4.63. The molecule has 0 aliphatic carbocycles. The van der Waals surface area contributed by atoms with Crippen molar-refractivity contribution in [1.29, 1.82) is 0 Å². The fourth-order valence-electron chi connectivity index (χ4n) is 1.98. The molecule has 0 unspecified atom stereocenters. The number of anilines is 1. The summed E-state index contributed by atoms with van der Waals surface area (Å²) in [5, 5.41) is 2.77. The van der Waals surface area contributed by atoms with E-state index >= 15 is 0 Å². The van der Waals surface area contributed by atoms with Gasteiger partial charge in [0.15, 0.2) is 0 Å². The van der Waals surface area contributed by atoms with Crippen LogP contribution in [0.15, 0.2) is 54.3 Å². The summed E-state index contributed by atoms with van der Waals surface area (Å²) < 4.78 is 5.72. The van der Waals surface area contributed by atoms with Gasteiger partial charge in [-0.3, -0.25) is 9.78 Å². The molecule has 6 heteroatoms. The molecule has 3 aromatic rings. The fraction of sp³-hybridized carbons (Fsp3) is 0.118. The van der Waals surface area contributed by atoms with Crippen LogP contribution in [0.5, 0.6) is 11.6 Å². The third-order valence-corrected chi connectivity index (χ3v) is 3.95. The molecule has 2 aromatic heterocycles. The maximum Gasteiger partial charge on any atom is 0.267 e. The molecule has 0 atom stereocenters. The molecular formula is C17H15N3O2S. The number of carbonyl (C=O) groups excluding carboxylic acids is 1. The van der Waals surface area contributed by atoms with Crippen LogP contribution >= 0.6 is 11.3 Å². The lowest BCUT2D eigenvalue weighted by Gasteiger charge is -2.07. The van der Waals surface area contributed by atoms with E-state index in [1.165, 1.54) is 23.1 Å². The molecule has 23 heavy (non-hydrogen) atoms. The maximum absolute atomic E-state index is 11.9. The summed E-state index contributed by atoms with van der Waals surface area (Å²) in [6.45, 7) is 2.10. The summed E-state index contributed by atoms with van der Waals surface area (Å²) in [7, 11) is 0. The number of nitrogens with zero attached hydrogens (tertiary/aromatic N) is 2. The van der Waals surface area contributed by atoms with Crippen LogP contribution in [0.25, 0.3) is 0 Å². The molecule has 3 rings (SSSR count). The predicted octanol–water partition coefficient (Wildman–Crippen LogP) is 4.15. The Morgan fingerprint density at radius 2 is 2.17 bits per heavy atom. The third-order valence-electron chi connectivity index (χ3n) is 3.18. The molecule has 0 fully saturated rings. The first-order chi connectivity index (χ1) is 11.2. The molecule has 0 saturated carbocycles. The normalized spacial score (nSPS) is 10.3. The monoisotopic (exact) mass is 325 g/mol. The first-order valence-corrected chi connectivity index (χ1v) is 8.05. The van der Waals surface area contributed by atoms with Crippen LogP contribution in [0, 0.1) is 0 Å². The average molecular weight is 325 g/mol. The highest BCUT2D eigenvalue weighted by Crippen LogP contribution is 2.22. The number of pyridine rings is 1. The van der Waals surface area contributed by atoms with Crippen LogP contribution in [-0.4, -0.2) is 15.9 Å². The second kappa shape index (κ2) is 7.02. The van der Waals surface area contributed by atoms with Gasteiger partial charge in [0.1, 0.15) is 10.6 Å². The van der Waals surface area contributed by atoms with Crippen molar-refractivity contribution in [2.45, 2.75) is 13.3 Å². The van der Waals surface area contributed by atoms with Crippen molar-refractivity contribution in [2.75, 3.05) is 5.32 Å². The zero-order chi connectivity index (χ0) is 16.1. The van der Waals surface area contributed by atoms with Gasteiger partial charge in [-0.15, -0.1) is 11.3 Å². The molecule has 1 N–H and O–H groups in total. The largest absolute Gasteiger partial charge is 0.439 e. The lowest BCUT2D eigenvalue weighted by Crippen LogP contribution is -2.10. The van der Waals surface area contributed by atoms with E-state index in [4.69, 9.17) is 4.74 Å². The molecule has 5 nitrogen and oxygen atoms in total. The Balaban J connectivity index is 1.66. The summed E-state index contributed by atoms with van der Waals surface area (Å²) in [6.07, 6.45) is 4.05. The number of rotatable bonds is 5. The lowest BCUT2D eigenvalue weighted by atomic mass is 10.2. The van der Waals surface area contributed by atoms with Crippen LogP contribution in [0.4, 0.5) is 5.69 Å². The predicted molar refractivity (Wildman–Crippen MR) is 90.2 cm³/mol. The zero-order valence-corrected chi connectivity index (χ0v) is 13.3. The SMILES string of the molecule is CCc1cccc(Oc2ccc(NC(=O)c3cncs3)cn2)c1. The van der Waals surface area contributed by atoms with Gasteiger partial charge in [0.25, 0.3) is 5.91 Å². The van der Waals surface area contributed by atoms with Crippen molar-refractivity contribution in [3.05, 3.63) is 64.7 Å². The summed E-state index contributed by atoms with van der Waals surface area (Å²) in [4.78, 5) is 20.6. The Bertz CT molecular complexity index is 786. The Hall–Kier alpha value is -2.73. The van der Waals surface area contributed by atoms with E-state index in [2.05, 4.69) is 28.3 Å². The van der Waals surface area contributed by atoms with Crippen molar-refractivity contribution in [2.24, 2.45) is 0 Å². The fourth-order valence-corrected chi connectivity index (χ4v) is 2.50. The van der Waals surface area contributed by atoms with Crippen LogP contribution in [-0.2, 0) is 6.42 Å². The second-order valence-corrected chi connectivity index (χ2v) is 5.69. The van der Waals surface area contributed by atoms with Gasteiger partial charge in [0.05, 0.1) is 23.6 Å². The van der Waals surface area contributed by atoms with Gasteiger partial charge in [0, 0.05) is 6.07 Å². The number of carbonyl (C=O) groups is 1. The number of amides is 1. The van der Waals surface area contributed by atoms with E-state index in [1.807, 2.05) is 18.2 Å². The van der Waals surface area contributed by atoms with E-state index in [-0.39, 0.29) is 5.91 Å². The molecule has 1 aromatic carbocycles. The van der Waals surface area contributed by atoms with Crippen LogP contribution < -0.4 is 10.1 Å². The smallest absolute Gasteiger partial charge is 0.267 e. The van der Waals surface area contributed by atoms with E-state index in [1.54, 1.807) is 23.8 Å². The number of thiazole rings is 1. The van der Waals surface area contributed by atoms with E-state index in [0.717, 1.165) is 12.2 Å². The van der Waals surface area contributed by atoms with Crippen LogP contribution in [0.3, 0.4) is 0 Å². The summed E-state index contributed by atoms with van der Waals surface area (Å²) >= 11 is 1.29. The highest BCUT2D eigenvalue weighted by Gasteiger charge is 2.08. The van der Waals surface area contributed by atoms with Crippen molar-refractivity contribution >= 4 is 22.9 Å².